The van der Waals surface area contributed by atoms with Crippen LogP contribution >= 0.6 is 23.2 Å². The number of aromatic nitrogens is 2. The molecule has 3 rings (SSSR count). The van der Waals surface area contributed by atoms with Crippen molar-refractivity contribution in [1.29, 1.82) is 0 Å². The molecular formula is C11H8Cl2N2. The highest BCUT2D eigenvalue weighted by Gasteiger charge is 2.14. The van der Waals surface area contributed by atoms with Crippen molar-refractivity contribution < 1.29 is 0 Å². The molecule has 2 nitrogen and oxygen atoms in total. The van der Waals surface area contributed by atoms with Gasteiger partial charge in [0.15, 0.2) is 0 Å². The Bertz CT molecular complexity index is 552. The number of halogens is 2. The molecule has 0 saturated carbocycles. The molecule has 0 bridgehead atoms. The molecule has 1 heterocycles. The molecule has 0 N–H and O–H groups in total. The van der Waals surface area contributed by atoms with Gasteiger partial charge in [0.1, 0.15) is 5.15 Å². The zero-order valence-corrected chi connectivity index (χ0v) is 9.44. The molecule has 0 unspecified atom stereocenters. The first-order valence-electron chi connectivity index (χ1n) is 4.88. The standard InChI is InChI=1S/C11H8Cl2N2/c12-10-8-4-6-2-1-3-7(6)5-9(8)14-11(13)15-10/h4-5H,1-3H2. The smallest absolute Gasteiger partial charge is 0.218 e. The summed E-state index contributed by atoms with van der Waals surface area (Å²) in [6.45, 7) is 0. The van der Waals surface area contributed by atoms with Crippen LogP contribution in [0.25, 0.3) is 10.9 Å². The summed E-state index contributed by atoms with van der Waals surface area (Å²) < 4.78 is 0. The molecule has 15 heavy (non-hydrogen) atoms. The minimum atomic E-state index is 0.213. The van der Waals surface area contributed by atoms with Gasteiger partial charge in [-0.25, -0.2) is 9.97 Å². The van der Waals surface area contributed by atoms with Crippen molar-refractivity contribution in [2.45, 2.75) is 19.3 Å². The van der Waals surface area contributed by atoms with Gasteiger partial charge in [-0.05, 0) is 54.1 Å². The Morgan fingerprint density at radius 3 is 2.53 bits per heavy atom. The van der Waals surface area contributed by atoms with Crippen molar-refractivity contribution in [2.75, 3.05) is 0 Å². The van der Waals surface area contributed by atoms with Gasteiger partial charge in [-0.15, -0.1) is 0 Å². The molecule has 1 aromatic heterocycles. The Balaban J connectivity index is 2.38. The molecule has 0 amide bonds. The van der Waals surface area contributed by atoms with Crippen LogP contribution in [0.3, 0.4) is 0 Å². The average molecular weight is 239 g/mol. The van der Waals surface area contributed by atoms with Crippen molar-refractivity contribution in [1.82, 2.24) is 9.97 Å². The van der Waals surface area contributed by atoms with Crippen LogP contribution in [0.4, 0.5) is 0 Å². The van der Waals surface area contributed by atoms with Crippen LogP contribution < -0.4 is 0 Å². The van der Waals surface area contributed by atoms with Gasteiger partial charge in [0.25, 0.3) is 0 Å². The Morgan fingerprint density at radius 1 is 1.00 bits per heavy atom. The third kappa shape index (κ3) is 1.48. The summed E-state index contributed by atoms with van der Waals surface area (Å²) in [5.41, 5.74) is 3.59. The fourth-order valence-corrected chi connectivity index (χ4v) is 2.58. The second kappa shape index (κ2) is 3.32. The lowest BCUT2D eigenvalue weighted by Gasteiger charge is -2.04. The molecular weight excluding hydrogens is 231 g/mol. The molecule has 4 heteroatoms. The van der Waals surface area contributed by atoms with E-state index < -0.39 is 0 Å². The number of hydrogen-bond donors (Lipinski definition) is 0. The third-order valence-electron chi connectivity index (χ3n) is 2.84. The first kappa shape index (κ1) is 9.37. The van der Waals surface area contributed by atoms with Crippen molar-refractivity contribution in [3.05, 3.63) is 33.7 Å². The van der Waals surface area contributed by atoms with E-state index in [-0.39, 0.29) is 5.28 Å². The van der Waals surface area contributed by atoms with Crippen molar-refractivity contribution in [3.63, 3.8) is 0 Å². The Morgan fingerprint density at radius 2 is 1.73 bits per heavy atom. The van der Waals surface area contributed by atoms with Crippen LogP contribution in [0.15, 0.2) is 12.1 Å². The molecule has 0 saturated heterocycles. The van der Waals surface area contributed by atoms with Gasteiger partial charge in [-0.3, -0.25) is 0 Å². The Labute approximate surface area is 97.2 Å². The maximum Gasteiger partial charge on any atom is 0.224 e. The number of fused-ring (bicyclic) bond motifs is 2. The van der Waals surface area contributed by atoms with Crippen LogP contribution in [-0.4, -0.2) is 9.97 Å². The van der Waals surface area contributed by atoms with Gasteiger partial charge in [0.2, 0.25) is 5.28 Å². The van der Waals surface area contributed by atoms with Gasteiger partial charge in [-0.2, -0.15) is 0 Å². The van der Waals surface area contributed by atoms with Crippen LogP contribution in [-0.2, 0) is 12.8 Å². The minimum Gasteiger partial charge on any atom is -0.218 e. The number of hydrogen-bond acceptors (Lipinski definition) is 2. The van der Waals surface area contributed by atoms with E-state index in [1.165, 1.54) is 17.5 Å². The summed E-state index contributed by atoms with van der Waals surface area (Å²) in [6, 6.07) is 4.17. The number of aryl methyl sites for hydroxylation is 2. The summed E-state index contributed by atoms with van der Waals surface area (Å²) in [4.78, 5) is 8.13. The molecule has 0 spiro atoms. The fraction of sp³-hybridized carbons (Fsp3) is 0.273. The molecule has 0 radical (unpaired) electrons. The van der Waals surface area contributed by atoms with Gasteiger partial charge in [0.05, 0.1) is 5.52 Å². The first-order chi connectivity index (χ1) is 7.24. The van der Waals surface area contributed by atoms with E-state index in [1.54, 1.807) is 0 Å². The zero-order chi connectivity index (χ0) is 10.4. The molecule has 76 valence electrons. The van der Waals surface area contributed by atoms with Crippen LogP contribution in [0, 0.1) is 0 Å². The molecule has 0 aliphatic heterocycles. The maximum absolute atomic E-state index is 6.03. The summed E-state index contributed by atoms with van der Waals surface area (Å²) in [5, 5.41) is 1.56. The topological polar surface area (TPSA) is 25.8 Å². The monoisotopic (exact) mass is 238 g/mol. The molecule has 0 fully saturated rings. The van der Waals surface area contributed by atoms with E-state index in [9.17, 15) is 0 Å². The molecule has 2 aromatic rings. The summed E-state index contributed by atoms with van der Waals surface area (Å²) in [6.07, 6.45) is 3.47. The van der Waals surface area contributed by atoms with Gasteiger partial charge in [0, 0.05) is 5.39 Å². The van der Waals surface area contributed by atoms with Gasteiger partial charge in [-0.1, -0.05) is 11.6 Å². The lowest BCUT2D eigenvalue weighted by atomic mass is 10.1. The number of benzene rings is 1. The highest BCUT2D eigenvalue weighted by Crippen LogP contribution is 2.30. The lowest BCUT2D eigenvalue weighted by Crippen LogP contribution is -1.90. The van der Waals surface area contributed by atoms with Crippen LogP contribution in [0.5, 0.6) is 0 Å². The molecule has 1 aliphatic rings. The summed E-state index contributed by atoms with van der Waals surface area (Å²) in [7, 11) is 0. The largest absolute Gasteiger partial charge is 0.224 e. The summed E-state index contributed by atoms with van der Waals surface area (Å²) >= 11 is 11.8. The van der Waals surface area contributed by atoms with Crippen LogP contribution in [0.1, 0.15) is 17.5 Å². The highest BCUT2D eigenvalue weighted by molar-refractivity contribution is 6.35. The van der Waals surface area contributed by atoms with Crippen LogP contribution in [0.2, 0.25) is 10.4 Å². The zero-order valence-electron chi connectivity index (χ0n) is 7.93. The number of nitrogens with zero attached hydrogens (tertiary/aromatic N) is 2. The first-order valence-corrected chi connectivity index (χ1v) is 5.64. The predicted octanol–water partition coefficient (Wildman–Crippen LogP) is 3.43. The second-order valence-electron chi connectivity index (χ2n) is 3.78. The minimum absolute atomic E-state index is 0.213. The number of rotatable bonds is 0. The predicted molar refractivity (Wildman–Crippen MR) is 61.6 cm³/mol. The highest BCUT2D eigenvalue weighted by atomic mass is 35.5. The molecule has 0 atom stereocenters. The average Bonchev–Trinajstić information content (AvgIpc) is 2.61. The fourth-order valence-electron chi connectivity index (χ4n) is 2.13. The second-order valence-corrected chi connectivity index (χ2v) is 4.47. The molecule has 1 aliphatic carbocycles. The Hall–Kier alpha value is -0.860. The quantitative estimate of drug-likeness (QED) is 0.520. The lowest BCUT2D eigenvalue weighted by molar-refractivity contribution is 0.912. The van der Waals surface area contributed by atoms with E-state index >= 15 is 0 Å². The third-order valence-corrected chi connectivity index (χ3v) is 3.29. The van der Waals surface area contributed by atoms with E-state index in [2.05, 4.69) is 22.1 Å². The van der Waals surface area contributed by atoms with E-state index in [0.29, 0.717) is 5.15 Å². The van der Waals surface area contributed by atoms with E-state index in [1.807, 2.05) is 0 Å². The van der Waals surface area contributed by atoms with Crippen molar-refractivity contribution in [2.24, 2.45) is 0 Å². The van der Waals surface area contributed by atoms with Gasteiger partial charge >= 0.3 is 0 Å². The van der Waals surface area contributed by atoms with E-state index in [4.69, 9.17) is 23.2 Å². The molecule has 1 aromatic carbocycles. The van der Waals surface area contributed by atoms with Gasteiger partial charge < -0.3 is 0 Å². The normalized spacial score (nSPS) is 14.5. The maximum atomic E-state index is 6.03. The Kier molecular flexibility index (Phi) is 2.08. The SMILES string of the molecule is Clc1nc(Cl)c2cc3c(cc2n1)CCC3. The van der Waals surface area contributed by atoms with Crippen molar-refractivity contribution in [3.8, 4) is 0 Å². The van der Waals surface area contributed by atoms with E-state index in [0.717, 1.165) is 23.7 Å². The van der Waals surface area contributed by atoms with Crippen molar-refractivity contribution >= 4 is 34.1 Å². The summed E-state index contributed by atoms with van der Waals surface area (Å²) in [5.74, 6) is 0.